The van der Waals surface area contributed by atoms with Crippen molar-refractivity contribution in [2.75, 3.05) is 0 Å². The third-order valence-corrected chi connectivity index (χ3v) is 14.1. The molecule has 10 atom stereocenters. The maximum Gasteiger partial charge on any atom is 0.302 e. The van der Waals surface area contributed by atoms with Crippen LogP contribution < -0.4 is 0 Å². The molecule has 0 amide bonds. The zero-order chi connectivity index (χ0) is 26.5. The predicted molar refractivity (Wildman–Crippen MR) is 145 cm³/mol. The number of fused-ring (bicyclic) bond motifs is 7. The molecule has 202 valence electrons. The Morgan fingerprint density at radius 1 is 0.806 bits per heavy atom. The Labute approximate surface area is 224 Å². The highest BCUT2D eigenvalue weighted by molar-refractivity contribution is 6.64. The molecule has 3 nitrogen and oxygen atoms in total. The molecule has 0 aromatic rings. The molecule has 0 N–H and O–H groups in total. The number of rotatable bonds is 3. The third kappa shape index (κ3) is 3.29. The average Bonchev–Trinajstić information content (AvgIpc) is 3.17. The number of allylic oxidation sites excluding steroid dienone is 1. The van der Waals surface area contributed by atoms with Crippen molar-refractivity contribution in [2.45, 2.75) is 119 Å². The molecule has 5 aliphatic rings. The van der Waals surface area contributed by atoms with Crippen LogP contribution in [0.3, 0.4) is 0 Å². The second-order valence-electron chi connectivity index (χ2n) is 15.1. The molecule has 2 unspecified atom stereocenters. The van der Waals surface area contributed by atoms with Crippen LogP contribution in [0.5, 0.6) is 0 Å². The van der Waals surface area contributed by atoms with E-state index in [2.05, 4.69) is 48.1 Å². The quantitative estimate of drug-likeness (QED) is 0.215. The van der Waals surface area contributed by atoms with Gasteiger partial charge in [0.05, 0.1) is 0 Å². The smallest absolute Gasteiger partial charge is 0.302 e. The number of carbonyl (C=O) groups is 2. The molecule has 0 aromatic heterocycles. The van der Waals surface area contributed by atoms with Gasteiger partial charge in [0.2, 0.25) is 5.24 Å². The second kappa shape index (κ2) is 8.33. The van der Waals surface area contributed by atoms with Crippen molar-refractivity contribution in [3.8, 4) is 0 Å². The lowest BCUT2D eigenvalue weighted by molar-refractivity contribution is -0.248. The number of halogens is 1. The van der Waals surface area contributed by atoms with Crippen molar-refractivity contribution in [3.05, 3.63) is 12.2 Å². The maximum atomic E-state index is 13.0. The van der Waals surface area contributed by atoms with Crippen LogP contribution in [-0.2, 0) is 14.3 Å². The average molecular weight is 517 g/mol. The topological polar surface area (TPSA) is 43.4 Å². The Hall–Kier alpha value is -0.830. The van der Waals surface area contributed by atoms with Gasteiger partial charge in [0.1, 0.15) is 6.10 Å². The van der Waals surface area contributed by atoms with E-state index in [1.165, 1.54) is 31.3 Å². The van der Waals surface area contributed by atoms with E-state index in [9.17, 15) is 9.59 Å². The Morgan fingerprint density at radius 3 is 2.11 bits per heavy atom. The monoisotopic (exact) mass is 516 g/mol. The van der Waals surface area contributed by atoms with Gasteiger partial charge >= 0.3 is 5.97 Å². The van der Waals surface area contributed by atoms with E-state index >= 15 is 0 Å². The third-order valence-electron chi connectivity index (χ3n) is 13.7. The zero-order valence-corrected chi connectivity index (χ0v) is 24.6. The van der Waals surface area contributed by atoms with E-state index in [1.54, 1.807) is 6.92 Å². The second-order valence-corrected chi connectivity index (χ2v) is 15.4. The van der Waals surface area contributed by atoms with Gasteiger partial charge in [0, 0.05) is 17.8 Å². The van der Waals surface area contributed by atoms with E-state index in [4.69, 9.17) is 16.3 Å². The fourth-order valence-corrected chi connectivity index (χ4v) is 12.2. The number of ether oxygens (including phenoxy) is 1. The fourth-order valence-electron chi connectivity index (χ4n) is 11.9. The molecule has 4 heteroatoms. The molecule has 5 aliphatic carbocycles. The normalized spacial score (nSPS) is 51.2. The van der Waals surface area contributed by atoms with Crippen LogP contribution in [0.2, 0.25) is 0 Å². The molecular weight excluding hydrogens is 468 g/mol. The Balaban J connectivity index is 1.52. The molecule has 0 saturated heterocycles. The minimum Gasteiger partial charge on any atom is -0.462 e. The Kier molecular flexibility index (Phi) is 6.19. The number of carbonyl (C=O) groups excluding carboxylic acids is 2. The summed E-state index contributed by atoms with van der Waals surface area (Å²) in [6.45, 7) is 20.6. The van der Waals surface area contributed by atoms with Gasteiger partial charge in [-0.1, -0.05) is 46.8 Å². The summed E-state index contributed by atoms with van der Waals surface area (Å²) in [7, 11) is 0. The van der Waals surface area contributed by atoms with E-state index < -0.39 is 0 Å². The van der Waals surface area contributed by atoms with Crippen molar-refractivity contribution in [3.63, 3.8) is 0 Å². The lowest BCUT2D eigenvalue weighted by Gasteiger charge is -2.72. The van der Waals surface area contributed by atoms with Crippen molar-refractivity contribution in [1.29, 1.82) is 0 Å². The zero-order valence-electron chi connectivity index (χ0n) is 23.8. The lowest BCUT2D eigenvalue weighted by Crippen LogP contribution is -2.67. The van der Waals surface area contributed by atoms with Crippen LogP contribution in [-0.4, -0.2) is 17.3 Å². The first-order valence-electron chi connectivity index (χ1n) is 14.7. The van der Waals surface area contributed by atoms with E-state index in [1.807, 2.05) is 0 Å². The SMILES string of the molecule is C=C(C)C1CC[C@]2(C(=O)Cl)CC[C@]3(C)[C@H](CCC4[C@@]5(C)CC[C@H](OC(C)=O)C(C)(C)[C@@H]5CC[C@]43C)[C@@H]12. The minimum atomic E-state index is -0.344. The highest BCUT2D eigenvalue weighted by atomic mass is 35.5. The largest absolute Gasteiger partial charge is 0.462 e. The molecule has 0 heterocycles. The minimum absolute atomic E-state index is 0.0129. The molecule has 0 aliphatic heterocycles. The van der Waals surface area contributed by atoms with Gasteiger partial charge in [-0.25, -0.2) is 0 Å². The van der Waals surface area contributed by atoms with Crippen molar-refractivity contribution < 1.29 is 14.3 Å². The Morgan fingerprint density at radius 2 is 1.50 bits per heavy atom. The summed E-state index contributed by atoms with van der Waals surface area (Å²) in [5.41, 5.74) is 1.60. The highest BCUT2D eigenvalue weighted by Crippen LogP contribution is 2.77. The van der Waals surface area contributed by atoms with Crippen LogP contribution >= 0.6 is 11.6 Å². The summed E-state index contributed by atoms with van der Waals surface area (Å²) in [4.78, 5) is 24.9. The van der Waals surface area contributed by atoms with Crippen LogP contribution in [0.1, 0.15) is 113 Å². The number of hydrogen-bond donors (Lipinski definition) is 0. The summed E-state index contributed by atoms with van der Waals surface area (Å²) in [6.07, 6.45) is 11.1. The van der Waals surface area contributed by atoms with Gasteiger partial charge in [0.15, 0.2) is 0 Å². The summed E-state index contributed by atoms with van der Waals surface area (Å²) in [5, 5.41) is -0.0770. The first-order valence-corrected chi connectivity index (χ1v) is 15.1. The molecule has 0 spiro atoms. The molecule has 5 rings (SSSR count). The van der Waals surface area contributed by atoms with Gasteiger partial charge in [-0.05, 0) is 129 Å². The number of hydrogen-bond acceptors (Lipinski definition) is 3. The van der Waals surface area contributed by atoms with Gasteiger partial charge < -0.3 is 4.74 Å². The van der Waals surface area contributed by atoms with Gasteiger partial charge in [0.25, 0.3) is 0 Å². The summed E-state index contributed by atoms with van der Waals surface area (Å²) in [6, 6.07) is 0. The summed E-state index contributed by atoms with van der Waals surface area (Å²) >= 11 is 6.46. The fraction of sp³-hybridized carbons (Fsp3) is 0.875. The summed E-state index contributed by atoms with van der Waals surface area (Å²) in [5.74, 6) is 2.37. The molecule has 5 saturated carbocycles. The van der Waals surface area contributed by atoms with Crippen LogP contribution in [0.25, 0.3) is 0 Å². The first kappa shape index (κ1) is 26.8. The highest BCUT2D eigenvalue weighted by Gasteiger charge is 2.71. The van der Waals surface area contributed by atoms with E-state index in [0.29, 0.717) is 29.6 Å². The molecule has 0 bridgehead atoms. The first-order chi connectivity index (χ1) is 16.6. The van der Waals surface area contributed by atoms with Gasteiger partial charge in [-0.15, -0.1) is 0 Å². The molecule has 36 heavy (non-hydrogen) atoms. The molecular formula is C32H49ClO3. The maximum absolute atomic E-state index is 13.0. The number of esters is 1. The predicted octanol–water partition coefficient (Wildman–Crippen LogP) is 8.34. The van der Waals surface area contributed by atoms with Crippen LogP contribution in [0, 0.1) is 56.7 Å². The van der Waals surface area contributed by atoms with Gasteiger partial charge in [-0.3, -0.25) is 9.59 Å². The van der Waals surface area contributed by atoms with Crippen LogP contribution in [0.15, 0.2) is 12.2 Å². The lowest BCUT2D eigenvalue weighted by atomic mass is 9.32. The van der Waals surface area contributed by atoms with Gasteiger partial charge in [-0.2, -0.15) is 0 Å². The molecule has 5 fully saturated rings. The van der Waals surface area contributed by atoms with Crippen LogP contribution in [0.4, 0.5) is 0 Å². The standard InChI is InChI=1S/C32H49ClO3/c1-19(2)21-11-16-32(27(33)35)18-17-30(7)22(26(21)32)9-10-24-29(6)14-13-25(36-20(3)34)28(4,5)23(29)12-15-31(24,30)8/h21-26H,1,9-18H2,2-8H3/t21?,22-,23+,24?,25+,26-,29+,30-,31-,32+/m1/s1. The van der Waals surface area contributed by atoms with Crippen molar-refractivity contribution in [2.24, 2.45) is 56.7 Å². The van der Waals surface area contributed by atoms with E-state index in [-0.39, 0.29) is 44.4 Å². The Bertz CT molecular complexity index is 970. The molecule has 0 aromatic carbocycles. The van der Waals surface area contributed by atoms with Crippen molar-refractivity contribution >= 4 is 22.8 Å². The molecule has 0 radical (unpaired) electrons. The summed E-state index contributed by atoms with van der Waals surface area (Å²) < 4.78 is 5.89. The van der Waals surface area contributed by atoms with E-state index in [0.717, 1.165) is 38.5 Å². The van der Waals surface area contributed by atoms with Crippen molar-refractivity contribution in [1.82, 2.24) is 0 Å².